The predicted molar refractivity (Wildman–Crippen MR) is 90.4 cm³/mol. The van der Waals surface area contributed by atoms with E-state index in [9.17, 15) is 5.11 Å². The number of aliphatic hydroxyl groups is 1. The molecule has 2 unspecified atom stereocenters. The highest BCUT2D eigenvalue weighted by Gasteiger charge is 2.42. The van der Waals surface area contributed by atoms with Crippen molar-refractivity contribution in [2.75, 3.05) is 21.3 Å². The van der Waals surface area contributed by atoms with E-state index in [4.69, 9.17) is 9.47 Å². The molecule has 3 rings (SSSR count). The Balaban J connectivity index is 1.62. The number of hydrogen-bond acceptors (Lipinski definition) is 4. The molecule has 2 saturated carbocycles. The van der Waals surface area contributed by atoms with Crippen molar-refractivity contribution in [2.45, 2.75) is 51.0 Å². The van der Waals surface area contributed by atoms with E-state index in [0.717, 1.165) is 42.5 Å². The van der Waals surface area contributed by atoms with Gasteiger partial charge in [-0.1, -0.05) is 6.07 Å². The summed E-state index contributed by atoms with van der Waals surface area (Å²) in [5.41, 5.74) is 2.41. The van der Waals surface area contributed by atoms with Crippen LogP contribution in [0.25, 0.3) is 0 Å². The van der Waals surface area contributed by atoms with Gasteiger partial charge in [-0.25, -0.2) is 0 Å². The van der Waals surface area contributed by atoms with Crippen LogP contribution in [0.2, 0.25) is 0 Å². The first-order valence-electron chi connectivity index (χ1n) is 8.63. The van der Waals surface area contributed by atoms with Gasteiger partial charge in [-0.05, 0) is 62.3 Å². The Labute approximate surface area is 139 Å². The maximum absolute atomic E-state index is 9.79. The van der Waals surface area contributed by atoms with Crippen molar-refractivity contribution >= 4 is 0 Å². The van der Waals surface area contributed by atoms with Gasteiger partial charge in [0.1, 0.15) is 5.75 Å². The highest BCUT2D eigenvalue weighted by atomic mass is 16.5. The number of methoxy groups -OCH3 is 2. The highest BCUT2D eigenvalue weighted by molar-refractivity contribution is 5.37. The lowest BCUT2D eigenvalue weighted by molar-refractivity contribution is 0.158. The van der Waals surface area contributed by atoms with Crippen molar-refractivity contribution in [3.05, 3.63) is 29.3 Å². The van der Waals surface area contributed by atoms with Crippen LogP contribution in [-0.4, -0.2) is 43.4 Å². The van der Waals surface area contributed by atoms with Crippen LogP contribution in [0.5, 0.6) is 5.75 Å². The summed E-state index contributed by atoms with van der Waals surface area (Å²) in [6.07, 6.45) is 4.44. The van der Waals surface area contributed by atoms with Crippen LogP contribution in [-0.2, 0) is 17.9 Å². The Morgan fingerprint density at radius 3 is 2.43 bits per heavy atom. The molecule has 4 heteroatoms. The zero-order chi connectivity index (χ0) is 16.4. The van der Waals surface area contributed by atoms with E-state index in [1.54, 1.807) is 14.2 Å². The summed E-state index contributed by atoms with van der Waals surface area (Å²) >= 11 is 0. The molecule has 2 aliphatic carbocycles. The van der Waals surface area contributed by atoms with E-state index in [0.29, 0.717) is 12.6 Å². The fraction of sp³-hybridized carbons (Fsp3) is 0.684. The van der Waals surface area contributed by atoms with Gasteiger partial charge in [-0.3, -0.25) is 4.90 Å². The van der Waals surface area contributed by atoms with Gasteiger partial charge in [0.15, 0.2) is 0 Å². The van der Waals surface area contributed by atoms with Crippen molar-refractivity contribution in [3.8, 4) is 5.75 Å². The van der Waals surface area contributed by atoms with E-state index in [1.807, 2.05) is 6.07 Å². The molecule has 0 aliphatic heterocycles. The van der Waals surface area contributed by atoms with Gasteiger partial charge >= 0.3 is 0 Å². The molecule has 4 atom stereocenters. The minimum absolute atomic E-state index is 0.0468. The third-order valence-corrected chi connectivity index (χ3v) is 5.67. The SMILES string of the molecule is COCc1cc(CN(C)C2C[C@H]3CC(O)C[C@H]3C2)ccc1OC. The summed E-state index contributed by atoms with van der Waals surface area (Å²) in [6, 6.07) is 7.02. The Kier molecular flexibility index (Phi) is 5.24. The molecular formula is C19H29NO3. The van der Waals surface area contributed by atoms with Crippen LogP contribution in [0.4, 0.5) is 0 Å². The molecule has 0 radical (unpaired) electrons. The summed E-state index contributed by atoms with van der Waals surface area (Å²) in [6.45, 7) is 1.53. The molecule has 2 fully saturated rings. The normalized spacial score (nSPS) is 30.0. The van der Waals surface area contributed by atoms with Crippen molar-refractivity contribution in [3.63, 3.8) is 0 Å². The third-order valence-electron chi connectivity index (χ3n) is 5.67. The van der Waals surface area contributed by atoms with E-state index in [1.165, 1.54) is 18.4 Å². The van der Waals surface area contributed by atoms with Gasteiger partial charge in [0.2, 0.25) is 0 Å². The number of fused-ring (bicyclic) bond motifs is 1. The molecule has 0 amide bonds. The number of hydrogen-bond donors (Lipinski definition) is 1. The molecule has 1 aromatic rings. The molecule has 1 N–H and O–H groups in total. The molecule has 128 valence electrons. The largest absolute Gasteiger partial charge is 0.496 e. The van der Waals surface area contributed by atoms with Gasteiger partial charge in [0, 0.05) is 25.3 Å². The van der Waals surface area contributed by atoms with Crippen molar-refractivity contribution < 1.29 is 14.6 Å². The van der Waals surface area contributed by atoms with Crippen LogP contribution in [0.15, 0.2) is 18.2 Å². The molecule has 0 saturated heterocycles. The average Bonchev–Trinajstić information content (AvgIpc) is 3.05. The lowest BCUT2D eigenvalue weighted by atomic mass is 10.0. The van der Waals surface area contributed by atoms with E-state index < -0.39 is 0 Å². The molecule has 23 heavy (non-hydrogen) atoms. The second-order valence-electron chi connectivity index (χ2n) is 7.26. The number of benzene rings is 1. The first kappa shape index (κ1) is 16.7. The minimum atomic E-state index is -0.0468. The summed E-state index contributed by atoms with van der Waals surface area (Å²) in [5.74, 6) is 2.36. The molecule has 0 aromatic heterocycles. The van der Waals surface area contributed by atoms with Gasteiger partial charge in [-0.2, -0.15) is 0 Å². The summed E-state index contributed by atoms with van der Waals surface area (Å²) in [4.78, 5) is 2.48. The smallest absolute Gasteiger partial charge is 0.124 e. The van der Waals surface area contributed by atoms with Crippen LogP contribution in [0, 0.1) is 11.8 Å². The van der Waals surface area contributed by atoms with Crippen molar-refractivity contribution in [2.24, 2.45) is 11.8 Å². The molecule has 2 aliphatic rings. The number of ether oxygens (including phenoxy) is 2. The second kappa shape index (κ2) is 7.20. The molecule has 1 aromatic carbocycles. The molecule has 4 nitrogen and oxygen atoms in total. The first-order valence-corrected chi connectivity index (χ1v) is 8.63. The summed E-state index contributed by atoms with van der Waals surface area (Å²) < 4.78 is 10.7. The quantitative estimate of drug-likeness (QED) is 0.875. The maximum Gasteiger partial charge on any atom is 0.124 e. The predicted octanol–water partition coefficient (Wildman–Crippen LogP) is 2.82. The van der Waals surface area contributed by atoms with Crippen LogP contribution >= 0.6 is 0 Å². The molecule has 0 spiro atoms. The van der Waals surface area contributed by atoms with Gasteiger partial charge in [0.25, 0.3) is 0 Å². The van der Waals surface area contributed by atoms with Crippen molar-refractivity contribution in [1.29, 1.82) is 0 Å². The van der Waals surface area contributed by atoms with Gasteiger partial charge in [0.05, 0.1) is 19.8 Å². The monoisotopic (exact) mass is 319 g/mol. The topological polar surface area (TPSA) is 41.9 Å². The number of aliphatic hydroxyl groups excluding tert-OH is 1. The van der Waals surface area contributed by atoms with Crippen LogP contribution < -0.4 is 4.74 Å². The number of nitrogens with zero attached hydrogens (tertiary/aromatic N) is 1. The van der Waals surface area contributed by atoms with Crippen LogP contribution in [0.1, 0.15) is 36.8 Å². The van der Waals surface area contributed by atoms with Crippen LogP contribution in [0.3, 0.4) is 0 Å². The van der Waals surface area contributed by atoms with E-state index in [2.05, 4.69) is 24.1 Å². The maximum atomic E-state index is 9.79. The fourth-order valence-electron chi connectivity index (χ4n) is 4.53. The average molecular weight is 319 g/mol. The van der Waals surface area contributed by atoms with E-state index in [-0.39, 0.29) is 6.10 Å². The van der Waals surface area contributed by atoms with Gasteiger partial charge < -0.3 is 14.6 Å². The molecule has 0 bridgehead atoms. The molecule has 0 heterocycles. The zero-order valence-corrected chi connectivity index (χ0v) is 14.5. The Bertz CT molecular complexity index is 519. The Morgan fingerprint density at radius 2 is 1.83 bits per heavy atom. The number of rotatable bonds is 6. The Morgan fingerprint density at radius 1 is 1.13 bits per heavy atom. The Hall–Kier alpha value is -1.10. The lowest BCUT2D eigenvalue weighted by Crippen LogP contribution is -2.29. The molecular weight excluding hydrogens is 290 g/mol. The zero-order valence-electron chi connectivity index (χ0n) is 14.5. The highest BCUT2D eigenvalue weighted by Crippen LogP contribution is 2.45. The fourth-order valence-corrected chi connectivity index (χ4v) is 4.53. The first-order chi connectivity index (χ1) is 11.1. The lowest BCUT2D eigenvalue weighted by Gasteiger charge is -2.26. The standard InChI is InChI=1S/C19H29NO3/c1-20(17-7-14-9-18(21)10-15(14)8-17)11-13-4-5-19(23-3)16(6-13)12-22-2/h4-6,14-15,17-18,21H,7-12H2,1-3H3/t14-,15+,17?,18?. The van der Waals surface area contributed by atoms with Gasteiger partial charge in [-0.15, -0.1) is 0 Å². The second-order valence-corrected chi connectivity index (χ2v) is 7.26. The van der Waals surface area contributed by atoms with Crippen molar-refractivity contribution in [1.82, 2.24) is 4.90 Å². The summed E-state index contributed by atoms with van der Waals surface area (Å²) in [5, 5.41) is 9.79. The summed E-state index contributed by atoms with van der Waals surface area (Å²) in [7, 11) is 5.64. The minimum Gasteiger partial charge on any atom is -0.496 e. The third kappa shape index (κ3) is 3.70. The van der Waals surface area contributed by atoms with E-state index >= 15 is 0 Å².